The van der Waals surface area contributed by atoms with Gasteiger partial charge in [-0.1, -0.05) is 0 Å². The molecule has 2 aliphatic rings. The lowest BCUT2D eigenvalue weighted by atomic mass is 10.1. The van der Waals surface area contributed by atoms with Crippen molar-refractivity contribution in [2.45, 2.75) is 38.5 Å². The maximum Gasteiger partial charge on any atom is 0.407 e. The quantitative estimate of drug-likeness (QED) is 0.698. The zero-order chi connectivity index (χ0) is 13.4. The molecule has 2 N–H and O–H groups in total. The number of hydrogen-bond acceptors (Lipinski definition) is 2. The highest BCUT2D eigenvalue weighted by atomic mass is 16.4. The van der Waals surface area contributed by atoms with Gasteiger partial charge in [0.05, 0.1) is 0 Å². The van der Waals surface area contributed by atoms with Gasteiger partial charge in [0.25, 0.3) is 0 Å². The van der Waals surface area contributed by atoms with Crippen LogP contribution in [0.2, 0.25) is 0 Å². The van der Waals surface area contributed by atoms with Gasteiger partial charge in [0.2, 0.25) is 0 Å². The minimum atomic E-state index is -0.769. The molecule has 0 aliphatic carbocycles. The summed E-state index contributed by atoms with van der Waals surface area (Å²) in [4.78, 5) is 23.5. The Morgan fingerprint density at radius 3 is 1.06 bits per heavy atom. The highest BCUT2D eigenvalue weighted by Crippen LogP contribution is 2.08. The summed E-state index contributed by atoms with van der Waals surface area (Å²) in [5.74, 6) is 0. The highest BCUT2D eigenvalue weighted by Gasteiger charge is 2.14. The van der Waals surface area contributed by atoms with Gasteiger partial charge in [0.1, 0.15) is 0 Å². The van der Waals surface area contributed by atoms with Crippen molar-refractivity contribution in [2.24, 2.45) is 0 Å². The number of carboxylic acid groups (broad SMARTS) is 2. The van der Waals surface area contributed by atoms with Gasteiger partial charge >= 0.3 is 12.2 Å². The van der Waals surface area contributed by atoms with Crippen molar-refractivity contribution in [1.29, 1.82) is 0 Å². The molecule has 0 spiro atoms. The summed E-state index contributed by atoms with van der Waals surface area (Å²) in [7, 11) is 0. The molecular weight excluding hydrogens is 236 g/mol. The fraction of sp³-hybridized carbons (Fsp3) is 0.833. The maximum atomic E-state index is 10.3. The van der Waals surface area contributed by atoms with Crippen LogP contribution in [-0.2, 0) is 0 Å². The molecule has 104 valence electrons. The number of hydrogen-bond donors (Lipinski definition) is 2. The largest absolute Gasteiger partial charge is 0.465 e. The van der Waals surface area contributed by atoms with Gasteiger partial charge in [-0.15, -0.1) is 0 Å². The molecule has 2 amide bonds. The summed E-state index contributed by atoms with van der Waals surface area (Å²) in [5.41, 5.74) is 0. The van der Waals surface area contributed by atoms with Crippen molar-refractivity contribution >= 4 is 12.2 Å². The summed E-state index contributed by atoms with van der Waals surface area (Å²) in [6, 6.07) is 0. The van der Waals surface area contributed by atoms with Gasteiger partial charge in [0, 0.05) is 26.2 Å². The van der Waals surface area contributed by atoms with Crippen LogP contribution in [0.1, 0.15) is 38.5 Å². The molecule has 0 aromatic carbocycles. The minimum Gasteiger partial charge on any atom is -0.465 e. The highest BCUT2D eigenvalue weighted by molar-refractivity contribution is 5.65. The average molecular weight is 258 g/mol. The predicted molar refractivity (Wildman–Crippen MR) is 66.9 cm³/mol. The second-order valence-electron chi connectivity index (χ2n) is 4.66. The fourth-order valence-electron chi connectivity index (χ4n) is 2.17. The lowest BCUT2D eigenvalue weighted by Gasteiger charge is -2.22. The molecule has 2 aliphatic heterocycles. The Bertz CT molecular complexity index is 243. The van der Waals surface area contributed by atoms with Crippen molar-refractivity contribution in [3.05, 3.63) is 0 Å². The van der Waals surface area contributed by atoms with Crippen LogP contribution in [0.5, 0.6) is 0 Å². The molecular formula is C12H22N2O4. The first-order valence-corrected chi connectivity index (χ1v) is 6.57. The van der Waals surface area contributed by atoms with E-state index < -0.39 is 12.2 Å². The van der Waals surface area contributed by atoms with E-state index in [1.165, 1.54) is 22.6 Å². The van der Waals surface area contributed by atoms with Crippen molar-refractivity contribution in [2.75, 3.05) is 26.2 Å². The zero-order valence-electron chi connectivity index (χ0n) is 10.7. The molecule has 2 heterocycles. The van der Waals surface area contributed by atoms with Crippen molar-refractivity contribution in [1.82, 2.24) is 9.80 Å². The summed E-state index contributed by atoms with van der Waals surface area (Å²) in [6.07, 6.45) is 4.97. The third kappa shape index (κ3) is 5.25. The molecule has 0 aromatic heterocycles. The molecule has 0 saturated carbocycles. The Morgan fingerprint density at radius 2 is 0.889 bits per heavy atom. The third-order valence-corrected chi connectivity index (χ3v) is 3.25. The molecule has 6 heteroatoms. The van der Waals surface area contributed by atoms with E-state index in [0.29, 0.717) is 0 Å². The van der Waals surface area contributed by atoms with Gasteiger partial charge in [-0.2, -0.15) is 0 Å². The normalized spacial score (nSPS) is 19.8. The Labute approximate surface area is 107 Å². The summed E-state index contributed by atoms with van der Waals surface area (Å²) >= 11 is 0. The number of likely N-dealkylation sites (tertiary alicyclic amines) is 2. The van der Waals surface area contributed by atoms with Crippen LogP contribution in [0.25, 0.3) is 0 Å². The minimum absolute atomic E-state index is 0.731. The first kappa shape index (κ1) is 14.6. The summed E-state index contributed by atoms with van der Waals surface area (Å²) in [6.45, 7) is 2.93. The topological polar surface area (TPSA) is 81.1 Å². The van der Waals surface area contributed by atoms with E-state index in [4.69, 9.17) is 10.2 Å². The predicted octanol–water partition coefficient (Wildman–Crippen LogP) is 2.30. The summed E-state index contributed by atoms with van der Waals surface area (Å²) < 4.78 is 0. The molecule has 0 atom stereocenters. The molecule has 0 aromatic rings. The molecule has 6 nitrogen and oxygen atoms in total. The maximum absolute atomic E-state index is 10.3. The fourth-order valence-corrected chi connectivity index (χ4v) is 2.17. The van der Waals surface area contributed by atoms with Gasteiger partial charge < -0.3 is 20.0 Å². The van der Waals surface area contributed by atoms with Crippen LogP contribution < -0.4 is 0 Å². The number of piperidine rings is 2. The van der Waals surface area contributed by atoms with E-state index in [2.05, 4.69) is 0 Å². The Kier molecular flexibility index (Phi) is 6.32. The van der Waals surface area contributed by atoms with Crippen molar-refractivity contribution < 1.29 is 19.8 Å². The van der Waals surface area contributed by atoms with Crippen molar-refractivity contribution in [3.63, 3.8) is 0 Å². The zero-order valence-corrected chi connectivity index (χ0v) is 10.7. The Morgan fingerprint density at radius 1 is 0.611 bits per heavy atom. The smallest absolute Gasteiger partial charge is 0.407 e. The number of amides is 2. The van der Waals surface area contributed by atoms with Crippen LogP contribution >= 0.6 is 0 Å². The Balaban J connectivity index is 0.000000180. The SMILES string of the molecule is O=C(O)N1CCCCC1.O=C(O)N1CCCCC1. The molecule has 0 bridgehead atoms. The van der Waals surface area contributed by atoms with E-state index in [1.54, 1.807) is 0 Å². The first-order chi connectivity index (χ1) is 8.61. The summed E-state index contributed by atoms with van der Waals surface area (Å²) in [5, 5.41) is 16.9. The third-order valence-electron chi connectivity index (χ3n) is 3.25. The van der Waals surface area contributed by atoms with Gasteiger partial charge in [0.15, 0.2) is 0 Å². The van der Waals surface area contributed by atoms with Crippen LogP contribution in [0, 0.1) is 0 Å². The second-order valence-corrected chi connectivity index (χ2v) is 4.66. The molecule has 18 heavy (non-hydrogen) atoms. The van der Waals surface area contributed by atoms with E-state index in [-0.39, 0.29) is 0 Å². The van der Waals surface area contributed by atoms with Crippen LogP contribution in [0.4, 0.5) is 9.59 Å². The van der Waals surface area contributed by atoms with Gasteiger partial charge in [-0.3, -0.25) is 0 Å². The van der Waals surface area contributed by atoms with Crippen LogP contribution in [0.3, 0.4) is 0 Å². The van der Waals surface area contributed by atoms with E-state index in [1.807, 2.05) is 0 Å². The first-order valence-electron chi connectivity index (χ1n) is 6.57. The lowest BCUT2D eigenvalue weighted by molar-refractivity contribution is 0.135. The molecule has 0 radical (unpaired) electrons. The average Bonchev–Trinajstić information content (AvgIpc) is 2.41. The monoisotopic (exact) mass is 258 g/mol. The van der Waals surface area contributed by atoms with Gasteiger partial charge in [-0.05, 0) is 38.5 Å². The Hall–Kier alpha value is -1.46. The van der Waals surface area contributed by atoms with Crippen molar-refractivity contribution in [3.8, 4) is 0 Å². The lowest BCUT2D eigenvalue weighted by Crippen LogP contribution is -2.34. The molecule has 2 rings (SSSR count). The molecule has 0 unspecified atom stereocenters. The van der Waals surface area contributed by atoms with E-state index in [0.717, 1.165) is 51.9 Å². The van der Waals surface area contributed by atoms with E-state index >= 15 is 0 Å². The molecule has 2 fully saturated rings. The van der Waals surface area contributed by atoms with E-state index in [9.17, 15) is 9.59 Å². The molecule has 2 saturated heterocycles. The number of nitrogens with zero attached hydrogens (tertiary/aromatic N) is 2. The number of rotatable bonds is 0. The number of carbonyl (C=O) groups is 2. The van der Waals surface area contributed by atoms with Gasteiger partial charge in [-0.25, -0.2) is 9.59 Å². The standard InChI is InChI=1S/2C6H11NO2/c2*8-6(9)7-4-2-1-3-5-7/h2*1-5H2,(H,8,9). The second kappa shape index (κ2) is 7.79. The van der Waals surface area contributed by atoms with Crippen LogP contribution in [0.15, 0.2) is 0 Å². The van der Waals surface area contributed by atoms with Crippen LogP contribution in [-0.4, -0.2) is 58.4 Å².